The predicted molar refractivity (Wildman–Crippen MR) is 76.3 cm³/mol. The molecule has 2 rings (SSSR count). The van der Waals surface area contributed by atoms with E-state index in [1.165, 1.54) is 31.4 Å². The molecule has 1 saturated heterocycles. The molecule has 112 valence electrons. The summed E-state index contributed by atoms with van der Waals surface area (Å²) in [5, 5.41) is 0. The van der Waals surface area contributed by atoms with Gasteiger partial charge in [0, 0.05) is 11.5 Å². The summed E-state index contributed by atoms with van der Waals surface area (Å²) in [6, 6.07) is 2.49. The maximum Gasteiger partial charge on any atom is 0.184 e. The van der Waals surface area contributed by atoms with E-state index in [4.69, 9.17) is 9.47 Å². The first-order chi connectivity index (χ1) is 9.61. The van der Waals surface area contributed by atoms with Gasteiger partial charge in [0.05, 0.1) is 17.7 Å². The van der Waals surface area contributed by atoms with Crippen LogP contribution in [0.1, 0.15) is 44.5 Å². The average Bonchev–Trinajstić information content (AvgIpc) is 2.45. The van der Waals surface area contributed by atoms with Gasteiger partial charge < -0.3 is 9.47 Å². The Morgan fingerprint density at radius 3 is 2.30 bits per heavy atom. The van der Waals surface area contributed by atoms with E-state index in [1.807, 2.05) is 0 Å². The van der Waals surface area contributed by atoms with Gasteiger partial charge in [-0.1, -0.05) is 26.2 Å². The summed E-state index contributed by atoms with van der Waals surface area (Å²) in [5.41, 5.74) is 0.384. The molecule has 2 nitrogen and oxygen atoms in total. The lowest BCUT2D eigenvalue weighted by Crippen LogP contribution is -2.27. The number of hydrogen-bond donors (Lipinski definition) is 0. The highest BCUT2D eigenvalue weighted by atomic mass is 79.9. The molecule has 0 saturated carbocycles. The lowest BCUT2D eigenvalue weighted by Gasteiger charge is -2.29. The third kappa shape index (κ3) is 3.99. The third-order valence-electron chi connectivity index (χ3n) is 3.46. The first-order valence-electron chi connectivity index (χ1n) is 6.99. The number of benzene rings is 1. The minimum absolute atomic E-state index is 0.158. The molecule has 0 aliphatic carbocycles. The Morgan fingerprint density at radius 2 is 1.75 bits per heavy atom. The quantitative estimate of drug-likeness (QED) is 0.552. The number of hydrogen-bond acceptors (Lipinski definition) is 2. The van der Waals surface area contributed by atoms with Gasteiger partial charge in [0.1, 0.15) is 11.6 Å². The van der Waals surface area contributed by atoms with Crippen molar-refractivity contribution in [3.8, 4) is 0 Å². The van der Waals surface area contributed by atoms with Crippen molar-refractivity contribution in [3.63, 3.8) is 0 Å². The maximum atomic E-state index is 13.5. The van der Waals surface area contributed by atoms with Crippen molar-refractivity contribution in [2.45, 2.75) is 38.9 Å². The first-order valence-corrected chi connectivity index (χ1v) is 7.78. The lowest BCUT2D eigenvalue weighted by molar-refractivity contribution is -0.206. The highest BCUT2D eigenvalue weighted by Gasteiger charge is 2.24. The molecule has 0 N–H and O–H groups in total. The van der Waals surface area contributed by atoms with Crippen LogP contribution >= 0.6 is 15.9 Å². The van der Waals surface area contributed by atoms with Crippen molar-refractivity contribution in [2.24, 2.45) is 5.92 Å². The standard InChI is InChI=1S/C15H19BrF2O2/c1-2-3-4-5-10-8-19-15(20-9-10)11-6-12(17)14(16)13(18)7-11/h6-7,10,15H,2-5,8-9H2,1H3. The summed E-state index contributed by atoms with van der Waals surface area (Å²) >= 11 is 2.85. The summed E-state index contributed by atoms with van der Waals surface area (Å²) in [4.78, 5) is 0. The molecule has 1 aromatic rings. The Morgan fingerprint density at radius 1 is 1.15 bits per heavy atom. The zero-order valence-corrected chi connectivity index (χ0v) is 13.1. The predicted octanol–water partition coefficient (Wildman–Crippen LogP) is 4.97. The molecule has 5 heteroatoms. The topological polar surface area (TPSA) is 18.5 Å². The zero-order valence-electron chi connectivity index (χ0n) is 11.5. The van der Waals surface area contributed by atoms with E-state index in [0.717, 1.165) is 6.42 Å². The normalized spacial score (nSPS) is 23.0. The number of halogens is 3. The van der Waals surface area contributed by atoms with Crippen LogP contribution in [-0.4, -0.2) is 13.2 Å². The van der Waals surface area contributed by atoms with Gasteiger partial charge in [-0.25, -0.2) is 8.78 Å². The second-order valence-corrected chi connectivity index (χ2v) is 5.95. The second kappa shape index (κ2) is 7.48. The van der Waals surface area contributed by atoms with Crippen molar-refractivity contribution < 1.29 is 18.3 Å². The number of ether oxygens (including phenoxy) is 2. The van der Waals surface area contributed by atoms with Crippen LogP contribution in [0, 0.1) is 17.6 Å². The molecule has 0 aromatic heterocycles. The van der Waals surface area contributed by atoms with Crippen molar-refractivity contribution in [1.82, 2.24) is 0 Å². The molecule has 20 heavy (non-hydrogen) atoms. The van der Waals surface area contributed by atoms with Crippen LogP contribution in [0.15, 0.2) is 16.6 Å². The third-order valence-corrected chi connectivity index (χ3v) is 4.22. The number of unbranched alkanes of at least 4 members (excludes halogenated alkanes) is 2. The summed E-state index contributed by atoms with van der Waals surface area (Å²) < 4.78 is 38.0. The molecule has 0 bridgehead atoms. The molecule has 0 amide bonds. The Hall–Kier alpha value is -0.520. The van der Waals surface area contributed by atoms with Crippen LogP contribution in [0.25, 0.3) is 0 Å². The average molecular weight is 349 g/mol. The van der Waals surface area contributed by atoms with Crippen LogP contribution in [0.5, 0.6) is 0 Å². The fourth-order valence-corrected chi connectivity index (χ4v) is 2.53. The summed E-state index contributed by atoms with van der Waals surface area (Å²) in [7, 11) is 0. The van der Waals surface area contributed by atoms with Crippen LogP contribution in [0.2, 0.25) is 0 Å². The van der Waals surface area contributed by atoms with E-state index in [1.54, 1.807) is 0 Å². The van der Waals surface area contributed by atoms with Crippen LogP contribution in [-0.2, 0) is 9.47 Å². The fraction of sp³-hybridized carbons (Fsp3) is 0.600. The molecule has 1 aliphatic heterocycles. The van der Waals surface area contributed by atoms with Crippen LogP contribution in [0.3, 0.4) is 0 Å². The van der Waals surface area contributed by atoms with E-state index in [0.29, 0.717) is 24.7 Å². The Bertz CT molecular complexity index is 422. The van der Waals surface area contributed by atoms with Gasteiger partial charge in [-0.05, 0) is 34.5 Å². The van der Waals surface area contributed by atoms with Gasteiger partial charge in [-0.15, -0.1) is 0 Å². The van der Waals surface area contributed by atoms with E-state index in [2.05, 4.69) is 22.9 Å². The lowest BCUT2D eigenvalue weighted by atomic mass is 10.0. The Labute approximate surface area is 126 Å². The minimum Gasteiger partial charge on any atom is -0.348 e. The Kier molecular flexibility index (Phi) is 5.93. The van der Waals surface area contributed by atoms with Gasteiger partial charge in [-0.3, -0.25) is 0 Å². The zero-order chi connectivity index (χ0) is 14.5. The smallest absolute Gasteiger partial charge is 0.184 e. The van der Waals surface area contributed by atoms with Crippen molar-refractivity contribution in [2.75, 3.05) is 13.2 Å². The summed E-state index contributed by atoms with van der Waals surface area (Å²) in [6.07, 6.45) is 3.97. The minimum atomic E-state index is -0.672. The van der Waals surface area contributed by atoms with Crippen LogP contribution in [0.4, 0.5) is 8.78 Å². The largest absolute Gasteiger partial charge is 0.348 e. The molecular formula is C15H19BrF2O2. The monoisotopic (exact) mass is 348 g/mol. The second-order valence-electron chi connectivity index (χ2n) is 5.16. The maximum absolute atomic E-state index is 13.5. The highest BCUT2D eigenvalue weighted by molar-refractivity contribution is 9.10. The fourth-order valence-electron chi connectivity index (χ4n) is 2.30. The molecule has 1 aromatic carbocycles. The van der Waals surface area contributed by atoms with Gasteiger partial charge in [0.2, 0.25) is 0 Å². The molecular weight excluding hydrogens is 330 g/mol. The van der Waals surface area contributed by atoms with E-state index in [9.17, 15) is 8.78 Å². The molecule has 0 atom stereocenters. The molecule has 1 fully saturated rings. The summed E-state index contributed by atoms with van der Waals surface area (Å²) in [6.45, 7) is 3.32. The van der Waals surface area contributed by atoms with Crippen molar-refractivity contribution >= 4 is 15.9 Å². The molecule has 0 unspecified atom stereocenters. The SMILES string of the molecule is CCCCCC1COC(c2cc(F)c(Br)c(F)c2)OC1. The van der Waals surface area contributed by atoms with Crippen molar-refractivity contribution in [1.29, 1.82) is 0 Å². The van der Waals surface area contributed by atoms with Gasteiger partial charge in [0.25, 0.3) is 0 Å². The van der Waals surface area contributed by atoms with Gasteiger partial charge >= 0.3 is 0 Å². The van der Waals surface area contributed by atoms with Crippen molar-refractivity contribution in [3.05, 3.63) is 33.8 Å². The molecule has 1 aliphatic rings. The summed E-state index contributed by atoms with van der Waals surface area (Å²) in [5.74, 6) is -0.905. The van der Waals surface area contributed by atoms with Gasteiger partial charge in [-0.2, -0.15) is 0 Å². The molecule has 0 radical (unpaired) electrons. The van der Waals surface area contributed by atoms with E-state index >= 15 is 0 Å². The van der Waals surface area contributed by atoms with Crippen LogP contribution < -0.4 is 0 Å². The first kappa shape index (κ1) is 15.9. The molecule has 0 spiro atoms. The van der Waals surface area contributed by atoms with E-state index in [-0.39, 0.29) is 4.47 Å². The van der Waals surface area contributed by atoms with E-state index < -0.39 is 17.9 Å². The molecule has 1 heterocycles. The van der Waals surface area contributed by atoms with Gasteiger partial charge in [0.15, 0.2) is 6.29 Å². The highest BCUT2D eigenvalue weighted by Crippen LogP contribution is 2.30. The Balaban J connectivity index is 1.90. The number of rotatable bonds is 5.